The van der Waals surface area contributed by atoms with Crippen molar-refractivity contribution in [3.8, 4) is 0 Å². The minimum Gasteiger partial charge on any atom is -0.412 e. The van der Waals surface area contributed by atoms with Gasteiger partial charge in [-0.3, -0.25) is 4.98 Å². The maximum Gasteiger partial charge on any atom is 0.192 e. The molecule has 0 aliphatic rings. The molecule has 162 valence electrons. The zero-order chi connectivity index (χ0) is 22.3. The first-order valence-corrected chi connectivity index (χ1v) is 13.5. The van der Waals surface area contributed by atoms with Crippen LogP contribution in [0.2, 0.25) is 18.1 Å². The monoisotopic (exact) mass is 426 g/mol. The van der Waals surface area contributed by atoms with Crippen molar-refractivity contribution in [2.24, 2.45) is 0 Å². The molecule has 0 aliphatic heterocycles. The third kappa shape index (κ3) is 4.19. The average molecular weight is 427 g/mol. The van der Waals surface area contributed by atoms with E-state index in [0.29, 0.717) is 6.61 Å². The maximum atomic E-state index is 11.1. The Kier molecular flexibility index (Phi) is 6.18. The lowest BCUT2D eigenvalue weighted by Crippen LogP contribution is -2.40. The quantitative estimate of drug-likeness (QED) is 0.557. The number of benzene rings is 1. The van der Waals surface area contributed by atoms with Gasteiger partial charge in [-0.15, -0.1) is 5.10 Å². The van der Waals surface area contributed by atoms with Gasteiger partial charge in [-0.2, -0.15) is 0 Å². The van der Waals surface area contributed by atoms with Crippen LogP contribution in [0.15, 0.2) is 24.4 Å². The van der Waals surface area contributed by atoms with E-state index in [9.17, 15) is 5.11 Å². The highest BCUT2D eigenvalue weighted by Crippen LogP contribution is 2.37. The van der Waals surface area contributed by atoms with Gasteiger partial charge in [0.05, 0.1) is 12.1 Å². The highest BCUT2D eigenvalue weighted by Gasteiger charge is 2.37. The largest absolute Gasteiger partial charge is 0.412 e. The molecule has 0 bridgehead atoms. The number of nitrogens with zero attached hydrogens (tertiary/aromatic N) is 4. The summed E-state index contributed by atoms with van der Waals surface area (Å²) in [4.78, 5) is 4.54. The average Bonchev–Trinajstić information content (AvgIpc) is 3.10. The Labute approximate surface area is 180 Å². The SMILES string of the molecule is CCn1nnc2c(C)c(C(O)c3cnc(C)c(CO[Si](C)(C)C(C)(C)C)c3)ccc21. The Morgan fingerprint density at radius 2 is 1.90 bits per heavy atom. The molecule has 0 radical (unpaired) electrons. The van der Waals surface area contributed by atoms with Crippen molar-refractivity contribution in [1.82, 2.24) is 20.0 Å². The molecule has 0 aliphatic carbocycles. The summed E-state index contributed by atoms with van der Waals surface area (Å²) >= 11 is 0. The molecule has 1 aromatic carbocycles. The van der Waals surface area contributed by atoms with Gasteiger partial charge in [-0.1, -0.05) is 32.1 Å². The molecule has 3 aromatic rings. The molecular weight excluding hydrogens is 392 g/mol. The number of hydrogen-bond donors (Lipinski definition) is 1. The van der Waals surface area contributed by atoms with Crippen LogP contribution in [-0.4, -0.2) is 33.4 Å². The Morgan fingerprint density at radius 3 is 2.53 bits per heavy atom. The van der Waals surface area contributed by atoms with E-state index in [1.54, 1.807) is 6.20 Å². The number of fused-ring (bicyclic) bond motifs is 1. The predicted octanol–water partition coefficient (Wildman–Crippen LogP) is 5.07. The van der Waals surface area contributed by atoms with Crippen molar-refractivity contribution in [2.45, 2.75) is 78.9 Å². The fourth-order valence-electron chi connectivity index (χ4n) is 3.26. The predicted molar refractivity (Wildman–Crippen MR) is 123 cm³/mol. The third-order valence-electron chi connectivity index (χ3n) is 6.50. The van der Waals surface area contributed by atoms with Crippen molar-refractivity contribution in [2.75, 3.05) is 0 Å². The fourth-order valence-corrected chi connectivity index (χ4v) is 4.21. The first-order chi connectivity index (χ1) is 14.0. The third-order valence-corrected chi connectivity index (χ3v) is 11.0. The lowest BCUT2D eigenvalue weighted by atomic mass is 9.96. The minimum absolute atomic E-state index is 0.147. The Balaban J connectivity index is 1.90. The van der Waals surface area contributed by atoms with Crippen molar-refractivity contribution in [3.63, 3.8) is 0 Å². The first-order valence-electron chi connectivity index (χ1n) is 10.6. The summed E-state index contributed by atoms with van der Waals surface area (Å²) in [6.45, 7) is 18.5. The molecular formula is C23H34N4O2Si. The molecule has 0 amide bonds. The van der Waals surface area contributed by atoms with E-state index in [1.807, 2.05) is 43.7 Å². The van der Waals surface area contributed by atoms with Crippen molar-refractivity contribution in [3.05, 3.63) is 52.3 Å². The second-order valence-corrected chi connectivity index (χ2v) is 14.3. The number of rotatable bonds is 6. The van der Waals surface area contributed by atoms with Crippen LogP contribution in [0.1, 0.15) is 61.7 Å². The van der Waals surface area contributed by atoms with Crippen LogP contribution in [0, 0.1) is 13.8 Å². The highest BCUT2D eigenvalue weighted by atomic mass is 28.4. The van der Waals surface area contributed by atoms with E-state index in [1.165, 1.54) is 0 Å². The number of aromatic nitrogens is 4. The smallest absolute Gasteiger partial charge is 0.192 e. The van der Waals surface area contributed by atoms with E-state index < -0.39 is 14.4 Å². The van der Waals surface area contributed by atoms with E-state index in [4.69, 9.17) is 4.43 Å². The van der Waals surface area contributed by atoms with Gasteiger partial charge in [-0.25, -0.2) is 4.68 Å². The second-order valence-electron chi connectivity index (χ2n) is 9.52. The fraction of sp³-hybridized carbons (Fsp3) is 0.522. The molecule has 30 heavy (non-hydrogen) atoms. The Bertz CT molecular complexity index is 1050. The number of pyridine rings is 1. The molecule has 7 heteroatoms. The van der Waals surface area contributed by atoms with Gasteiger partial charge in [0.2, 0.25) is 0 Å². The molecule has 2 aromatic heterocycles. The van der Waals surface area contributed by atoms with Crippen LogP contribution in [0.25, 0.3) is 11.0 Å². The maximum absolute atomic E-state index is 11.1. The minimum atomic E-state index is -1.87. The summed E-state index contributed by atoms with van der Waals surface area (Å²) in [6.07, 6.45) is 0.975. The topological polar surface area (TPSA) is 73.1 Å². The molecule has 1 N–H and O–H groups in total. The van der Waals surface area contributed by atoms with Crippen molar-refractivity contribution >= 4 is 19.4 Å². The normalized spacial score (nSPS) is 13.8. The summed E-state index contributed by atoms with van der Waals surface area (Å²) in [5, 5.41) is 19.8. The van der Waals surface area contributed by atoms with E-state index in [2.05, 4.69) is 49.2 Å². The second kappa shape index (κ2) is 8.21. The van der Waals surface area contributed by atoms with Gasteiger partial charge in [-0.05, 0) is 67.7 Å². The summed E-state index contributed by atoms with van der Waals surface area (Å²) in [7, 11) is -1.87. The van der Waals surface area contributed by atoms with Gasteiger partial charge < -0.3 is 9.53 Å². The van der Waals surface area contributed by atoms with Crippen LogP contribution in [0.3, 0.4) is 0 Å². The molecule has 0 saturated carbocycles. The van der Waals surface area contributed by atoms with E-state index in [0.717, 1.165) is 45.5 Å². The number of aliphatic hydroxyl groups is 1. The molecule has 0 fully saturated rings. The zero-order valence-corrected chi connectivity index (χ0v) is 20.4. The lowest BCUT2D eigenvalue weighted by molar-refractivity contribution is 0.218. The van der Waals surface area contributed by atoms with Crippen LogP contribution in [0.4, 0.5) is 0 Å². The van der Waals surface area contributed by atoms with Gasteiger partial charge in [0.15, 0.2) is 8.32 Å². The lowest BCUT2D eigenvalue weighted by Gasteiger charge is -2.36. The number of aryl methyl sites for hydroxylation is 3. The molecule has 1 unspecified atom stereocenters. The van der Waals surface area contributed by atoms with Gasteiger partial charge in [0.1, 0.15) is 11.6 Å². The molecule has 1 atom stereocenters. The molecule has 0 saturated heterocycles. The molecule has 3 rings (SSSR count). The first kappa shape index (κ1) is 22.6. The van der Waals surface area contributed by atoms with E-state index >= 15 is 0 Å². The van der Waals surface area contributed by atoms with Gasteiger partial charge >= 0.3 is 0 Å². The van der Waals surface area contributed by atoms with Crippen LogP contribution in [0.5, 0.6) is 0 Å². The van der Waals surface area contributed by atoms with Gasteiger partial charge in [0, 0.05) is 24.0 Å². The van der Waals surface area contributed by atoms with Crippen molar-refractivity contribution < 1.29 is 9.53 Å². The van der Waals surface area contributed by atoms with Crippen LogP contribution < -0.4 is 0 Å². The molecule has 6 nitrogen and oxygen atoms in total. The van der Waals surface area contributed by atoms with Gasteiger partial charge in [0.25, 0.3) is 0 Å². The van der Waals surface area contributed by atoms with Crippen molar-refractivity contribution in [1.29, 1.82) is 0 Å². The van der Waals surface area contributed by atoms with Crippen LogP contribution >= 0.6 is 0 Å². The number of aliphatic hydroxyl groups excluding tert-OH is 1. The summed E-state index contributed by atoms with van der Waals surface area (Å²) in [6, 6.07) is 5.96. The Hall–Kier alpha value is -2.09. The molecule has 2 heterocycles. The summed E-state index contributed by atoms with van der Waals surface area (Å²) in [5.74, 6) is 0. The number of hydrogen-bond acceptors (Lipinski definition) is 5. The van der Waals surface area contributed by atoms with Crippen LogP contribution in [-0.2, 0) is 17.6 Å². The molecule has 0 spiro atoms. The highest BCUT2D eigenvalue weighted by molar-refractivity contribution is 6.74. The summed E-state index contributed by atoms with van der Waals surface area (Å²) < 4.78 is 8.26. The summed E-state index contributed by atoms with van der Waals surface area (Å²) in [5.41, 5.74) is 6.30. The Morgan fingerprint density at radius 1 is 1.20 bits per heavy atom. The zero-order valence-electron chi connectivity index (χ0n) is 19.4. The standard InChI is InChI=1S/C23H34N4O2Si/c1-9-27-20-11-10-19(15(2)21(20)25-26-27)22(28)17-12-18(16(3)24-13-17)14-29-30(7,8)23(4,5)6/h10-13,22,28H,9,14H2,1-8H3. The van der Waals surface area contributed by atoms with E-state index in [-0.39, 0.29) is 5.04 Å².